The average Bonchev–Trinajstić information content (AvgIpc) is 2.10. The number of hydrogen-bond donors (Lipinski definition) is 0. The van der Waals surface area contributed by atoms with Crippen molar-refractivity contribution < 1.29 is 19.5 Å². The molecule has 0 aromatic rings. The van der Waals surface area contributed by atoms with Crippen LogP contribution in [0.3, 0.4) is 0 Å². The summed E-state index contributed by atoms with van der Waals surface area (Å²) in [5, 5.41) is 1.86. The van der Waals surface area contributed by atoms with Crippen molar-refractivity contribution in [1.82, 2.24) is 5.01 Å². The van der Waals surface area contributed by atoms with Crippen molar-refractivity contribution >= 4 is 0 Å². The van der Waals surface area contributed by atoms with Crippen LogP contribution in [0.4, 0.5) is 0 Å². The molecule has 0 heterocycles. The molecule has 0 spiro atoms. The summed E-state index contributed by atoms with van der Waals surface area (Å²) in [6.07, 6.45) is 4.55. The third-order valence-electron chi connectivity index (χ3n) is 1.55. The minimum absolute atomic E-state index is 0. The molecule has 0 saturated heterocycles. The van der Waals surface area contributed by atoms with Crippen molar-refractivity contribution in [3.63, 3.8) is 0 Å². The SMILES string of the molecule is CCC/C=C(/[N-]N(C)C)C(C)C.C[C-](C)C.[Zn+2]. The second kappa shape index (κ2) is 14.2. The van der Waals surface area contributed by atoms with E-state index in [0.29, 0.717) is 5.92 Å². The molecule has 0 aliphatic carbocycles. The first-order valence-corrected chi connectivity index (χ1v) is 6.17. The molecule has 0 fully saturated rings. The average molecular weight is 292 g/mol. The maximum absolute atomic E-state index is 4.41. The first-order valence-electron chi connectivity index (χ1n) is 6.17. The molecule has 0 aliphatic rings. The Kier molecular flexibility index (Phi) is 18.6. The zero-order valence-electron chi connectivity index (χ0n) is 13.2. The molecule has 0 radical (unpaired) electrons. The Morgan fingerprint density at radius 1 is 1.24 bits per heavy atom. The number of rotatable bonds is 5. The fraction of sp³-hybridized carbons (Fsp3) is 0.786. The Bertz CT molecular complexity index is 172. The number of allylic oxidation sites excluding steroid dienone is 2. The molecule has 0 aromatic carbocycles. The maximum Gasteiger partial charge on any atom is 2.00 e. The first kappa shape index (κ1) is 22.3. The monoisotopic (exact) mass is 290 g/mol. The summed E-state index contributed by atoms with van der Waals surface area (Å²) in [5.41, 5.74) is 5.60. The molecule has 0 aliphatic heterocycles. The molecule has 2 nitrogen and oxygen atoms in total. The van der Waals surface area contributed by atoms with E-state index >= 15 is 0 Å². The summed E-state index contributed by atoms with van der Waals surface area (Å²) < 4.78 is 0. The molecular formula is C14H30N2Zn. The summed E-state index contributed by atoms with van der Waals surface area (Å²) in [5.74, 6) is 1.94. The summed E-state index contributed by atoms with van der Waals surface area (Å²) >= 11 is 0. The third kappa shape index (κ3) is 21.9. The summed E-state index contributed by atoms with van der Waals surface area (Å²) in [6, 6.07) is 0. The van der Waals surface area contributed by atoms with E-state index in [1.54, 1.807) is 0 Å². The van der Waals surface area contributed by atoms with Crippen molar-refractivity contribution in [2.45, 2.75) is 54.4 Å². The van der Waals surface area contributed by atoms with Gasteiger partial charge in [-0.05, 0) is 26.4 Å². The third-order valence-corrected chi connectivity index (χ3v) is 1.55. The van der Waals surface area contributed by atoms with Crippen LogP contribution in [-0.2, 0) is 19.5 Å². The molecule has 0 unspecified atom stereocenters. The van der Waals surface area contributed by atoms with Crippen molar-refractivity contribution in [1.29, 1.82) is 0 Å². The smallest absolute Gasteiger partial charge is 0.624 e. The first-order chi connectivity index (χ1) is 7.31. The van der Waals surface area contributed by atoms with E-state index in [1.807, 2.05) is 19.1 Å². The van der Waals surface area contributed by atoms with E-state index in [9.17, 15) is 0 Å². The van der Waals surface area contributed by atoms with Gasteiger partial charge < -0.3 is 16.4 Å². The minimum atomic E-state index is 0. The zero-order chi connectivity index (χ0) is 13.1. The Morgan fingerprint density at radius 2 is 1.65 bits per heavy atom. The largest absolute Gasteiger partial charge is 2.00 e. The molecule has 17 heavy (non-hydrogen) atoms. The molecule has 0 aromatic heterocycles. The second-order valence-electron chi connectivity index (χ2n) is 5.02. The van der Waals surface area contributed by atoms with Gasteiger partial charge in [-0.25, -0.2) is 0 Å². The van der Waals surface area contributed by atoms with Crippen LogP contribution in [0.25, 0.3) is 5.43 Å². The molecule has 0 rings (SSSR count). The Balaban J connectivity index is -0.000000340. The van der Waals surface area contributed by atoms with E-state index in [1.165, 1.54) is 18.0 Å². The van der Waals surface area contributed by atoms with E-state index < -0.39 is 0 Å². The Morgan fingerprint density at radius 3 is 1.88 bits per heavy atom. The molecule has 3 heteroatoms. The number of hydrogen-bond acceptors (Lipinski definition) is 1. The van der Waals surface area contributed by atoms with Crippen LogP contribution in [-0.4, -0.2) is 19.1 Å². The van der Waals surface area contributed by atoms with Crippen LogP contribution in [0, 0.1) is 11.8 Å². The molecular weight excluding hydrogens is 262 g/mol. The zero-order valence-corrected chi connectivity index (χ0v) is 16.1. The molecule has 0 atom stereocenters. The van der Waals surface area contributed by atoms with Gasteiger partial charge in [0.2, 0.25) is 0 Å². The van der Waals surface area contributed by atoms with E-state index in [2.05, 4.69) is 53.0 Å². The van der Waals surface area contributed by atoms with Gasteiger partial charge in [-0.3, -0.25) is 0 Å². The van der Waals surface area contributed by atoms with Gasteiger partial charge in [0.05, 0.1) is 0 Å². The van der Waals surface area contributed by atoms with Crippen molar-refractivity contribution in [3.05, 3.63) is 23.1 Å². The van der Waals surface area contributed by atoms with Crippen LogP contribution >= 0.6 is 0 Å². The normalized spacial score (nSPS) is 11.1. The summed E-state index contributed by atoms with van der Waals surface area (Å²) in [7, 11) is 3.92. The maximum atomic E-state index is 4.41. The molecule has 0 N–H and O–H groups in total. The fourth-order valence-electron chi connectivity index (χ4n) is 0.915. The van der Waals surface area contributed by atoms with Gasteiger partial charge in [0, 0.05) is 0 Å². The Labute approximate surface area is 122 Å². The van der Waals surface area contributed by atoms with Gasteiger partial charge in [-0.1, -0.05) is 27.2 Å². The number of unbranched alkanes of at least 4 members (excludes halogenated alkanes) is 1. The van der Waals surface area contributed by atoms with Gasteiger partial charge in [0.25, 0.3) is 0 Å². The van der Waals surface area contributed by atoms with Crippen LogP contribution in [0.15, 0.2) is 11.8 Å². The van der Waals surface area contributed by atoms with Gasteiger partial charge >= 0.3 is 19.5 Å². The Hall–Kier alpha value is 0.123. The van der Waals surface area contributed by atoms with Gasteiger partial charge in [-0.15, -0.1) is 6.08 Å². The molecule has 0 saturated carbocycles. The van der Waals surface area contributed by atoms with Gasteiger partial charge in [-0.2, -0.15) is 26.5 Å². The van der Waals surface area contributed by atoms with Crippen molar-refractivity contribution in [2.24, 2.45) is 5.92 Å². The van der Waals surface area contributed by atoms with Gasteiger partial charge in [0.15, 0.2) is 0 Å². The van der Waals surface area contributed by atoms with Crippen molar-refractivity contribution in [3.8, 4) is 0 Å². The van der Waals surface area contributed by atoms with Gasteiger partial charge in [0.1, 0.15) is 0 Å². The quantitative estimate of drug-likeness (QED) is 0.404. The van der Waals surface area contributed by atoms with E-state index in [4.69, 9.17) is 0 Å². The van der Waals surface area contributed by atoms with E-state index in [0.717, 1.165) is 6.42 Å². The second-order valence-corrected chi connectivity index (χ2v) is 5.02. The van der Waals surface area contributed by atoms with Crippen LogP contribution in [0.2, 0.25) is 0 Å². The standard InChI is InChI=1S/C10H21N2.C4H9.Zn/c1-6-7-8-10(9(2)3)11-12(4)5;1-4(2)3;/h8-9H,6-7H2,1-5H3;1-3H3;/q2*-1;+2/b10-8+;;. The van der Waals surface area contributed by atoms with Crippen LogP contribution in [0.5, 0.6) is 0 Å². The van der Waals surface area contributed by atoms with Crippen LogP contribution < -0.4 is 0 Å². The predicted molar refractivity (Wildman–Crippen MR) is 75.1 cm³/mol. The molecule has 0 amide bonds. The summed E-state index contributed by atoms with van der Waals surface area (Å²) in [6.45, 7) is 12.8. The van der Waals surface area contributed by atoms with E-state index in [-0.39, 0.29) is 19.5 Å². The minimum Gasteiger partial charge on any atom is -0.624 e. The summed E-state index contributed by atoms with van der Waals surface area (Å²) in [4.78, 5) is 0. The predicted octanol–water partition coefficient (Wildman–Crippen LogP) is 4.79. The topological polar surface area (TPSA) is 17.3 Å². The molecule has 98 valence electrons. The number of nitrogens with zero attached hydrogens (tertiary/aromatic N) is 2. The van der Waals surface area contributed by atoms with Crippen molar-refractivity contribution in [2.75, 3.05) is 14.1 Å². The van der Waals surface area contributed by atoms with Crippen LogP contribution in [0.1, 0.15) is 54.4 Å². The fourth-order valence-corrected chi connectivity index (χ4v) is 0.915. The molecule has 0 bridgehead atoms.